The number of methoxy groups -OCH3 is 1. The van der Waals surface area contributed by atoms with E-state index in [1.807, 2.05) is 6.26 Å². The van der Waals surface area contributed by atoms with Crippen LogP contribution in [0.5, 0.6) is 0 Å². The minimum absolute atomic E-state index is 0.105. The molecule has 0 saturated carbocycles. The van der Waals surface area contributed by atoms with E-state index in [9.17, 15) is 14.4 Å². The summed E-state index contributed by atoms with van der Waals surface area (Å²) in [7, 11) is 1.29. The summed E-state index contributed by atoms with van der Waals surface area (Å²) < 4.78 is 10.1. The standard InChI is InChI=1S/C14H23N3O5S/c1-21-13(19)11-9-16(3-4-17(11)12(18)10-23-2)14(20)15-5-7-22-8-6-15/h11H,3-10H2,1-2H3. The van der Waals surface area contributed by atoms with Crippen molar-refractivity contribution in [3.63, 3.8) is 0 Å². The van der Waals surface area contributed by atoms with Crippen LogP contribution in [-0.4, -0.2) is 104 Å². The minimum atomic E-state index is -0.738. The van der Waals surface area contributed by atoms with Crippen LogP contribution in [0.1, 0.15) is 0 Å². The van der Waals surface area contributed by atoms with Crippen molar-refractivity contribution in [1.82, 2.24) is 14.7 Å². The Kier molecular flexibility index (Phi) is 6.52. The van der Waals surface area contributed by atoms with Gasteiger partial charge in [0.2, 0.25) is 5.91 Å². The van der Waals surface area contributed by atoms with E-state index in [1.165, 1.54) is 23.8 Å². The molecular weight excluding hydrogens is 322 g/mol. The third-order valence-corrected chi connectivity index (χ3v) is 4.53. The maximum Gasteiger partial charge on any atom is 0.330 e. The SMILES string of the molecule is COC(=O)C1CN(C(=O)N2CCOCC2)CCN1C(=O)CSC. The highest BCUT2D eigenvalue weighted by atomic mass is 32.2. The van der Waals surface area contributed by atoms with E-state index in [0.29, 0.717) is 45.1 Å². The van der Waals surface area contributed by atoms with Crippen LogP contribution >= 0.6 is 11.8 Å². The van der Waals surface area contributed by atoms with Crippen molar-refractivity contribution in [3.8, 4) is 0 Å². The summed E-state index contributed by atoms with van der Waals surface area (Å²) in [4.78, 5) is 41.6. The lowest BCUT2D eigenvalue weighted by atomic mass is 10.1. The second-order valence-electron chi connectivity index (χ2n) is 5.39. The van der Waals surface area contributed by atoms with Crippen LogP contribution in [0.15, 0.2) is 0 Å². The Morgan fingerprint density at radius 1 is 1.13 bits per heavy atom. The first-order chi connectivity index (χ1) is 11.1. The normalized spacial score (nSPS) is 22.0. The van der Waals surface area contributed by atoms with Crippen LogP contribution < -0.4 is 0 Å². The summed E-state index contributed by atoms with van der Waals surface area (Å²) >= 11 is 1.41. The number of piperazine rings is 1. The number of esters is 1. The Hall–Kier alpha value is -1.48. The number of thioether (sulfide) groups is 1. The van der Waals surface area contributed by atoms with Crippen molar-refractivity contribution < 1.29 is 23.9 Å². The zero-order valence-electron chi connectivity index (χ0n) is 13.5. The Morgan fingerprint density at radius 3 is 2.43 bits per heavy atom. The lowest BCUT2D eigenvalue weighted by Gasteiger charge is -2.42. The summed E-state index contributed by atoms with van der Waals surface area (Å²) in [6.07, 6.45) is 1.84. The number of hydrogen-bond donors (Lipinski definition) is 0. The molecule has 2 heterocycles. The lowest BCUT2D eigenvalue weighted by molar-refractivity contribution is -0.154. The van der Waals surface area contributed by atoms with Gasteiger partial charge in [-0.3, -0.25) is 4.79 Å². The summed E-state index contributed by atoms with van der Waals surface area (Å²) in [5, 5.41) is 0. The van der Waals surface area contributed by atoms with Gasteiger partial charge in [0.05, 0.1) is 32.6 Å². The maximum absolute atomic E-state index is 12.5. The van der Waals surface area contributed by atoms with Crippen molar-refractivity contribution in [2.75, 3.05) is 65.1 Å². The van der Waals surface area contributed by atoms with E-state index in [1.54, 1.807) is 9.80 Å². The molecule has 1 unspecified atom stereocenters. The maximum atomic E-state index is 12.5. The zero-order chi connectivity index (χ0) is 16.8. The number of ether oxygens (including phenoxy) is 2. The van der Waals surface area contributed by atoms with Crippen LogP contribution in [0.25, 0.3) is 0 Å². The third-order valence-electron chi connectivity index (χ3n) is 3.99. The molecule has 0 radical (unpaired) electrons. The molecule has 0 N–H and O–H groups in total. The van der Waals surface area contributed by atoms with Crippen molar-refractivity contribution in [2.45, 2.75) is 6.04 Å². The molecule has 2 fully saturated rings. The Morgan fingerprint density at radius 2 is 1.83 bits per heavy atom. The molecule has 0 spiro atoms. The van der Waals surface area contributed by atoms with Crippen LogP contribution in [0.4, 0.5) is 4.79 Å². The van der Waals surface area contributed by atoms with Crippen molar-refractivity contribution in [3.05, 3.63) is 0 Å². The topological polar surface area (TPSA) is 79.4 Å². The molecule has 0 aliphatic carbocycles. The molecule has 2 aliphatic rings. The van der Waals surface area contributed by atoms with Gasteiger partial charge in [-0.15, -0.1) is 0 Å². The number of hydrogen-bond acceptors (Lipinski definition) is 6. The summed E-state index contributed by atoms with van der Waals surface area (Å²) in [6.45, 7) is 3.08. The highest BCUT2D eigenvalue weighted by molar-refractivity contribution is 7.99. The largest absolute Gasteiger partial charge is 0.467 e. The van der Waals surface area contributed by atoms with Crippen LogP contribution in [-0.2, 0) is 19.1 Å². The van der Waals surface area contributed by atoms with Gasteiger partial charge in [0.1, 0.15) is 6.04 Å². The number of nitrogens with zero attached hydrogens (tertiary/aromatic N) is 3. The number of morpholine rings is 1. The molecule has 23 heavy (non-hydrogen) atoms. The van der Waals surface area contributed by atoms with Gasteiger partial charge in [0.15, 0.2) is 0 Å². The second kappa shape index (κ2) is 8.39. The average molecular weight is 345 g/mol. The first kappa shape index (κ1) is 17.9. The van der Waals surface area contributed by atoms with E-state index in [0.717, 1.165) is 0 Å². The van der Waals surface area contributed by atoms with Gasteiger partial charge in [0, 0.05) is 26.2 Å². The van der Waals surface area contributed by atoms with Gasteiger partial charge < -0.3 is 24.2 Å². The summed E-state index contributed by atoms with van der Waals surface area (Å²) in [5.41, 5.74) is 0. The average Bonchev–Trinajstić information content (AvgIpc) is 2.60. The molecule has 9 heteroatoms. The molecule has 0 aromatic heterocycles. The van der Waals surface area contributed by atoms with E-state index in [4.69, 9.17) is 9.47 Å². The molecule has 2 rings (SSSR count). The predicted molar refractivity (Wildman–Crippen MR) is 85.3 cm³/mol. The first-order valence-electron chi connectivity index (χ1n) is 7.56. The summed E-state index contributed by atoms with van der Waals surface area (Å²) in [5.74, 6) is -0.282. The smallest absolute Gasteiger partial charge is 0.330 e. The molecule has 3 amide bonds. The quantitative estimate of drug-likeness (QED) is 0.641. The molecule has 130 valence electrons. The van der Waals surface area contributed by atoms with Crippen molar-refractivity contribution >= 4 is 29.7 Å². The van der Waals surface area contributed by atoms with Crippen LogP contribution in [0.2, 0.25) is 0 Å². The van der Waals surface area contributed by atoms with Gasteiger partial charge in [-0.1, -0.05) is 0 Å². The van der Waals surface area contributed by atoms with E-state index >= 15 is 0 Å². The Labute approximate surface area is 140 Å². The van der Waals surface area contributed by atoms with Crippen molar-refractivity contribution in [1.29, 1.82) is 0 Å². The molecule has 2 aliphatic heterocycles. The third kappa shape index (κ3) is 4.29. The number of amides is 3. The zero-order valence-corrected chi connectivity index (χ0v) is 14.3. The Balaban J connectivity index is 2.04. The molecule has 0 aromatic rings. The van der Waals surface area contributed by atoms with Gasteiger partial charge in [-0.05, 0) is 6.26 Å². The Bertz CT molecular complexity index is 456. The number of rotatable bonds is 3. The second-order valence-corrected chi connectivity index (χ2v) is 6.25. The number of urea groups is 1. The minimum Gasteiger partial charge on any atom is -0.467 e. The molecule has 1 atom stereocenters. The van der Waals surface area contributed by atoms with Gasteiger partial charge >= 0.3 is 12.0 Å². The highest BCUT2D eigenvalue weighted by Gasteiger charge is 2.38. The molecule has 2 saturated heterocycles. The molecule has 0 aromatic carbocycles. The van der Waals surface area contributed by atoms with Crippen LogP contribution in [0.3, 0.4) is 0 Å². The highest BCUT2D eigenvalue weighted by Crippen LogP contribution is 2.15. The van der Waals surface area contributed by atoms with Crippen molar-refractivity contribution in [2.24, 2.45) is 0 Å². The monoisotopic (exact) mass is 345 g/mol. The van der Waals surface area contributed by atoms with Gasteiger partial charge in [-0.25, -0.2) is 9.59 Å². The fourth-order valence-corrected chi connectivity index (χ4v) is 3.17. The van der Waals surface area contributed by atoms with E-state index < -0.39 is 12.0 Å². The van der Waals surface area contributed by atoms with Gasteiger partial charge in [0.25, 0.3) is 0 Å². The number of carbonyl (C=O) groups excluding carboxylic acids is 3. The van der Waals surface area contributed by atoms with E-state index in [2.05, 4.69) is 0 Å². The van der Waals surface area contributed by atoms with Gasteiger partial charge in [-0.2, -0.15) is 11.8 Å². The predicted octanol–water partition coefficient (Wildman–Crippen LogP) is -0.513. The summed E-state index contributed by atoms with van der Waals surface area (Å²) in [6, 6.07) is -0.849. The molecule has 0 bridgehead atoms. The van der Waals surface area contributed by atoms with E-state index in [-0.39, 0.29) is 18.5 Å². The molecular formula is C14H23N3O5S. The fraction of sp³-hybridized carbons (Fsp3) is 0.786. The fourth-order valence-electron chi connectivity index (χ4n) is 2.75. The molecule has 8 nitrogen and oxygen atoms in total. The van der Waals surface area contributed by atoms with Crippen LogP contribution in [0, 0.1) is 0 Å². The number of carbonyl (C=O) groups is 3. The lowest BCUT2D eigenvalue weighted by Crippen LogP contribution is -2.62. The first-order valence-corrected chi connectivity index (χ1v) is 8.95.